The maximum Gasteiger partial charge on any atom is 0.125 e. The topological polar surface area (TPSA) is 59.6 Å². The van der Waals surface area contributed by atoms with Crippen LogP contribution in [0.1, 0.15) is 38.2 Å². The Kier molecular flexibility index (Phi) is 5.87. The predicted molar refractivity (Wildman–Crippen MR) is 83.5 cm³/mol. The third-order valence-electron chi connectivity index (χ3n) is 3.55. The Labute approximate surface area is 121 Å². The number of amidine groups is 1. The van der Waals surface area contributed by atoms with Gasteiger partial charge in [0.15, 0.2) is 0 Å². The monoisotopic (exact) mass is 275 g/mol. The fraction of sp³-hybridized carbons (Fsp3) is 0.562. The molecule has 1 heterocycles. The zero-order valence-electron chi connectivity index (χ0n) is 12.3. The zero-order valence-corrected chi connectivity index (χ0v) is 12.3. The van der Waals surface area contributed by atoms with Crippen LogP contribution in [0.3, 0.4) is 0 Å². The van der Waals surface area contributed by atoms with Crippen LogP contribution in [-0.2, 0) is 0 Å². The number of ether oxygens (including phenoxy) is 1. The van der Waals surface area contributed by atoms with E-state index in [1.54, 1.807) is 0 Å². The molecule has 0 saturated carbocycles. The van der Waals surface area contributed by atoms with Crippen molar-refractivity contribution in [2.45, 2.75) is 38.6 Å². The summed E-state index contributed by atoms with van der Waals surface area (Å²) >= 11 is 0. The molecule has 0 aliphatic carbocycles. The number of nitrogens with zero attached hydrogens (tertiary/aromatic N) is 1. The minimum absolute atomic E-state index is 0.358. The fourth-order valence-electron chi connectivity index (χ4n) is 2.26. The Morgan fingerprint density at radius 3 is 2.65 bits per heavy atom. The van der Waals surface area contributed by atoms with Crippen LogP contribution >= 0.6 is 0 Å². The molecule has 0 unspecified atom stereocenters. The molecule has 1 aliphatic rings. The fourth-order valence-corrected chi connectivity index (χ4v) is 2.26. The third-order valence-corrected chi connectivity index (χ3v) is 3.55. The Morgan fingerprint density at radius 2 is 2.00 bits per heavy atom. The van der Waals surface area contributed by atoms with Crippen molar-refractivity contribution in [2.75, 3.05) is 19.7 Å². The Balaban J connectivity index is 1.92. The number of piperidine rings is 1. The van der Waals surface area contributed by atoms with Crippen LogP contribution in [0.2, 0.25) is 0 Å². The van der Waals surface area contributed by atoms with E-state index in [2.05, 4.69) is 17.2 Å². The van der Waals surface area contributed by atoms with Crippen LogP contribution in [0.15, 0.2) is 29.3 Å². The SMILES string of the molecule is CCCCOc1ccc(C(N)=NC2CCNCC2)cc1. The summed E-state index contributed by atoms with van der Waals surface area (Å²) in [5, 5.41) is 3.33. The highest BCUT2D eigenvalue weighted by Gasteiger charge is 2.12. The summed E-state index contributed by atoms with van der Waals surface area (Å²) in [6, 6.07) is 8.27. The van der Waals surface area contributed by atoms with Gasteiger partial charge >= 0.3 is 0 Å². The molecular formula is C16H25N3O. The lowest BCUT2D eigenvalue weighted by molar-refractivity contribution is 0.309. The van der Waals surface area contributed by atoms with Crippen molar-refractivity contribution in [3.05, 3.63) is 29.8 Å². The molecule has 0 radical (unpaired) electrons. The van der Waals surface area contributed by atoms with Crippen molar-refractivity contribution in [3.63, 3.8) is 0 Å². The number of nitrogens with two attached hydrogens (primary N) is 1. The predicted octanol–water partition coefficient (Wildman–Crippen LogP) is 2.32. The van der Waals surface area contributed by atoms with Crippen LogP contribution in [0.4, 0.5) is 0 Å². The number of benzene rings is 1. The average molecular weight is 275 g/mol. The second-order valence-corrected chi connectivity index (χ2v) is 5.22. The van der Waals surface area contributed by atoms with E-state index >= 15 is 0 Å². The highest BCUT2D eigenvalue weighted by Crippen LogP contribution is 2.14. The zero-order chi connectivity index (χ0) is 14.2. The lowest BCUT2D eigenvalue weighted by Crippen LogP contribution is -2.31. The van der Waals surface area contributed by atoms with Crippen LogP contribution in [0.25, 0.3) is 0 Å². The van der Waals surface area contributed by atoms with Crippen molar-refractivity contribution in [3.8, 4) is 5.75 Å². The first kappa shape index (κ1) is 14.9. The van der Waals surface area contributed by atoms with E-state index in [4.69, 9.17) is 10.5 Å². The van der Waals surface area contributed by atoms with E-state index in [9.17, 15) is 0 Å². The van der Waals surface area contributed by atoms with E-state index in [1.807, 2.05) is 24.3 Å². The smallest absolute Gasteiger partial charge is 0.125 e. The van der Waals surface area contributed by atoms with E-state index in [-0.39, 0.29) is 0 Å². The summed E-state index contributed by atoms with van der Waals surface area (Å²) in [7, 11) is 0. The molecule has 1 aliphatic heterocycles. The Bertz CT molecular complexity index is 422. The molecule has 0 amide bonds. The van der Waals surface area contributed by atoms with Crippen LogP contribution in [0, 0.1) is 0 Å². The van der Waals surface area contributed by atoms with Gasteiger partial charge in [0.25, 0.3) is 0 Å². The summed E-state index contributed by atoms with van der Waals surface area (Å²) in [6.07, 6.45) is 4.37. The van der Waals surface area contributed by atoms with Gasteiger partial charge in [-0.05, 0) is 56.6 Å². The molecule has 3 N–H and O–H groups in total. The first-order valence-electron chi connectivity index (χ1n) is 7.57. The molecule has 20 heavy (non-hydrogen) atoms. The van der Waals surface area contributed by atoms with E-state index < -0.39 is 0 Å². The lowest BCUT2D eigenvalue weighted by Gasteiger charge is -2.19. The highest BCUT2D eigenvalue weighted by molar-refractivity contribution is 5.97. The average Bonchev–Trinajstić information content (AvgIpc) is 2.49. The van der Waals surface area contributed by atoms with Crippen molar-refractivity contribution >= 4 is 5.84 Å². The second-order valence-electron chi connectivity index (χ2n) is 5.22. The van der Waals surface area contributed by atoms with Gasteiger partial charge in [-0.3, -0.25) is 4.99 Å². The molecule has 1 aromatic carbocycles. The van der Waals surface area contributed by atoms with Gasteiger partial charge < -0.3 is 15.8 Å². The standard InChI is InChI=1S/C16H25N3O/c1-2-3-12-20-15-6-4-13(5-7-15)16(17)19-14-8-10-18-11-9-14/h4-7,14,18H,2-3,8-12H2,1H3,(H2,17,19). The highest BCUT2D eigenvalue weighted by atomic mass is 16.5. The maximum absolute atomic E-state index is 6.09. The molecule has 0 aromatic heterocycles. The van der Waals surface area contributed by atoms with Gasteiger partial charge in [-0.25, -0.2) is 0 Å². The largest absolute Gasteiger partial charge is 0.494 e. The molecule has 4 nitrogen and oxygen atoms in total. The molecule has 2 rings (SSSR count). The lowest BCUT2D eigenvalue weighted by atomic mass is 10.1. The molecule has 110 valence electrons. The molecule has 0 atom stereocenters. The first-order chi connectivity index (χ1) is 9.79. The van der Waals surface area contributed by atoms with Crippen molar-refractivity contribution in [2.24, 2.45) is 10.7 Å². The summed E-state index contributed by atoms with van der Waals surface area (Å²) < 4.78 is 5.64. The van der Waals surface area contributed by atoms with Gasteiger partial charge in [0.05, 0.1) is 12.6 Å². The van der Waals surface area contributed by atoms with Gasteiger partial charge in [0.1, 0.15) is 11.6 Å². The quantitative estimate of drug-likeness (QED) is 0.476. The van der Waals surface area contributed by atoms with E-state index in [1.165, 1.54) is 0 Å². The van der Waals surface area contributed by atoms with Crippen molar-refractivity contribution in [1.82, 2.24) is 5.32 Å². The van der Waals surface area contributed by atoms with E-state index in [0.29, 0.717) is 11.9 Å². The Morgan fingerprint density at radius 1 is 1.30 bits per heavy atom. The molecule has 4 heteroatoms. The summed E-state index contributed by atoms with van der Waals surface area (Å²) in [5.41, 5.74) is 7.06. The number of aliphatic imine (C=N–C) groups is 1. The van der Waals surface area contributed by atoms with Crippen molar-refractivity contribution in [1.29, 1.82) is 0 Å². The molecule has 0 bridgehead atoms. The van der Waals surface area contributed by atoms with Crippen molar-refractivity contribution < 1.29 is 4.74 Å². The summed E-state index contributed by atoms with van der Waals surface area (Å²) in [4.78, 5) is 4.62. The van der Waals surface area contributed by atoms with Gasteiger partial charge in [0.2, 0.25) is 0 Å². The molecule has 1 fully saturated rings. The summed E-state index contributed by atoms with van der Waals surface area (Å²) in [6.45, 7) is 5.00. The summed E-state index contributed by atoms with van der Waals surface area (Å²) in [5.74, 6) is 1.54. The van der Waals surface area contributed by atoms with Gasteiger partial charge in [-0.15, -0.1) is 0 Å². The van der Waals surface area contributed by atoms with Gasteiger partial charge in [-0.2, -0.15) is 0 Å². The molecule has 0 spiro atoms. The number of rotatable bonds is 6. The van der Waals surface area contributed by atoms with Crippen LogP contribution in [0.5, 0.6) is 5.75 Å². The van der Waals surface area contributed by atoms with Crippen LogP contribution < -0.4 is 15.8 Å². The molecule has 1 aromatic rings. The van der Waals surface area contributed by atoms with Gasteiger partial charge in [-0.1, -0.05) is 13.3 Å². The van der Waals surface area contributed by atoms with Gasteiger partial charge in [0, 0.05) is 5.56 Å². The normalized spacial score (nSPS) is 17.1. The Hall–Kier alpha value is -1.55. The van der Waals surface area contributed by atoms with E-state index in [0.717, 1.165) is 56.7 Å². The second kappa shape index (κ2) is 7.90. The third kappa shape index (κ3) is 4.53. The number of nitrogens with one attached hydrogen (secondary N) is 1. The van der Waals surface area contributed by atoms with Crippen LogP contribution in [-0.4, -0.2) is 31.6 Å². The first-order valence-corrected chi connectivity index (χ1v) is 7.57. The number of unbranched alkanes of at least 4 members (excludes halogenated alkanes) is 1. The molecular weight excluding hydrogens is 250 g/mol. The maximum atomic E-state index is 6.09. The molecule has 1 saturated heterocycles. The minimum Gasteiger partial charge on any atom is -0.494 e. The number of hydrogen-bond donors (Lipinski definition) is 2. The minimum atomic E-state index is 0.358. The number of hydrogen-bond acceptors (Lipinski definition) is 3.